The van der Waals surface area contributed by atoms with Crippen molar-refractivity contribution < 1.29 is 29.0 Å². The molecule has 11 nitrogen and oxygen atoms in total. The van der Waals surface area contributed by atoms with Crippen molar-refractivity contribution in [1.29, 1.82) is 0 Å². The maximum absolute atomic E-state index is 13.0. The van der Waals surface area contributed by atoms with Crippen molar-refractivity contribution in [2.45, 2.75) is 86.0 Å². The van der Waals surface area contributed by atoms with Crippen molar-refractivity contribution >= 4 is 29.2 Å². The number of hydrogen-bond donors (Lipinski definition) is 3. The molecule has 0 saturated carbocycles. The van der Waals surface area contributed by atoms with Gasteiger partial charge in [-0.1, -0.05) is 59.8 Å². The number of amides is 1. The molecule has 1 aromatic heterocycles. The van der Waals surface area contributed by atoms with E-state index >= 15 is 0 Å². The van der Waals surface area contributed by atoms with Gasteiger partial charge in [-0.2, -0.15) is 0 Å². The van der Waals surface area contributed by atoms with E-state index in [1.165, 1.54) is 25.1 Å². The van der Waals surface area contributed by atoms with Crippen molar-refractivity contribution in [2.75, 3.05) is 19.8 Å². The van der Waals surface area contributed by atoms with Crippen LogP contribution in [0.5, 0.6) is 5.88 Å². The van der Waals surface area contributed by atoms with Crippen LogP contribution < -0.4 is 10.9 Å². The van der Waals surface area contributed by atoms with Crippen LogP contribution in [0, 0.1) is 12.8 Å². The van der Waals surface area contributed by atoms with E-state index < -0.39 is 29.3 Å². The molecule has 11 heteroatoms. The Labute approximate surface area is 247 Å². The highest BCUT2D eigenvalue weighted by Gasteiger charge is 2.22. The van der Waals surface area contributed by atoms with Gasteiger partial charge in [0.1, 0.15) is 16.9 Å². The summed E-state index contributed by atoms with van der Waals surface area (Å²) in [5.74, 6) is -2.14. The van der Waals surface area contributed by atoms with E-state index in [0.29, 0.717) is 19.4 Å². The molecule has 1 unspecified atom stereocenters. The van der Waals surface area contributed by atoms with Gasteiger partial charge < -0.3 is 19.9 Å². The zero-order chi connectivity index (χ0) is 31.1. The highest BCUT2D eigenvalue weighted by atomic mass is 16.5. The van der Waals surface area contributed by atoms with Crippen molar-refractivity contribution in [1.82, 2.24) is 10.3 Å². The van der Waals surface area contributed by atoms with E-state index in [1.54, 1.807) is 0 Å². The summed E-state index contributed by atoms with van der Waals surface area (Å²) in [6, 6.07) is 4.19. The van der Waals surface area contributed by atoms with Crippen LogP contribution >= 0.6 is 0 Å². The summed E-state index contributed by atoms with van der Waals surface area (Å²) in [4.78, 5) is 53.3. The van der Waals surface area contributed by atoms with Crippen LogP contribution in [0.25, 0.3) is 0 Å². The van der Waals surface area contributed by atoms with E-state index in [2.05, 4.69) is 34.4 Å². The number of pyridine rings is 1. The molecule has 42 heavy (non-hydrogen) atoms. The molecule has 0 bridgehead atoms. The summed E-state index contributed by atoms with van der Waals surface area (Å²) < 4.78 is 10.6. The number of aromatic nitrogens is 1. The number of nitrogens with one attached hydrogen (secondary N) is 2. The molecule has 1 atom stereocenters. The fraction of sp³-hybridized carbons (Fsp3) is 0.548. The number of unbranched alkanes of at least 4 members (excludes halogenated alkanes) is 3. The van der Waals surface area contributed by atoms with Gasteiger partial charge in [0.15, 0.2) is 0 Å². The largest absolute Gasteiger partial charge is 0.493 e. The number of aromatic amines is 1. The molecule has 2 aromatic rings. The molecule has 1 heterocycles. The fourth-order valence-corrected chi connectivity index (χ4v) is 4.16. The summed E-state index contributed by atoms with van der Waals surface area (Å²) in [6.45, 7) is 10.5. The Kier molecular flexibility index (Phi) is 14.4. The molecule has 0 spiro atoms. The van der Waals surface area contributed by atoms with Gasteiger partial charge >= 0.3 is 11.9 Å². The van der Waals surface area contributed by atoms with E-state index in [4.69, 9.17) is 9.47 Å². The molecular formula is C31H44N4O7. The average Bonchev–Trinajstić information content (AvgIpc) is 2.97. The first kappa shape index (κ1) is 34.2. The van der Waals surface area contributed by atoms with Crippen molar-refractivity contribution in [3.8, 4) is 5.88 Å². The Morgan fingerprint density at radius 2 is 1.60 bits per heavy atom. The molecule has 0 aliphatic rings. The SMILES string of the molecule is CCCCOC(=O)c1ccc(C(=O)OCCCC)c(/N=N/c2c(O)[nH]c(=O)c(C(=O)NCC(CC)CCCC)c2C)c1. The highest BCUT2D eigenvalue weighted by molar-refractivity contribution is 5.98. The van der Waals surface area contributed by atoms with Crippen LogP contribution in [0.3, 0.4) is 0 Å². The van der Waals surface area contributed by atoms with Crippen LogP contribution in [0.15, 0.2) is 33.2 Å². The van der Waals surface area contributed by atoms with Crippen LogP contribution in [0.1, 0.15) is 116 Å². The lowest BCUT2D eigenvalue weighted by Crippen LogP contribution is -2.34. The Hall–Kier alpha value is -4.02. The van der Waals surface area contributed by atoms with Crippen molar-refractivity contribution in [3.05, 3.63) is 50.8 Å². The Morgan fingerprint density at radius 1 is 0.952 bits per heavy atom. The number of aromatic hydroxyl groups is 1. The minimum atomic E-state index is -0.764. The number of ether oxygens (including phenoxy) is 2. The molecule has 2 rings (SSSR count). The smallest absolute Gasteiger partial charge is 0.340 e. The van der Waals surface area contributed by atoms with Crippen LogP contribution in [0.4, 0.5) is 11.4 Å². The average molecular weight is 585 g/mol. The normalized spacial score (nSPS) is 11.8. The number of carbonyl (C=O) groups excluding carboxylic acids is 3. The second-order valence-corrected chi connectivity index (χ2v) is 10.2. The molecule has 230 valence electrons. The van der Waals surface area contributed by atoms with Gasteiger partial charge in [-0.05, 0) is 50.3 Å². The van der Waals surface area contributed by atoms with Crippen LogP contribution in [-0.2, 0) is 9.47 Å². The lowest BCUT2D eigenvalue weighted by Gasteiger charge is -2.16. The predicted molar refractivity (Wildman–Crippen MR) is 160 cm³/mol. The Morgan fingerprint density at radius 3 is 2.21 bits per heavy atom. The first-order valence-corrected chi connectivity index (χ1v) is 14.8. The summed E-state index contributed by atoms with van der Waals surface area (Å²) in [6.07, 6.45) is 7.03. The third kappa shape index (κ3) is 9.81. The maximum Gasteiger partial charge on any atom is 0.340 e. The number of benzene rings is 1. The van der Waals surface area contributed by atoms with Gasteiger partial charge in [0.2, 0.25) is 5.88 Å². The fourth-order valence-electron chi connectivity index (χ4n) is 4.16. The number of esters is 2. The zero-order valence-electron chi connectivity index (χ0n) is 25.4. The van der Waals surface area contributed by atoms with Crippen LogP contribution in [0.2, 0.25) is 0 Å². The topological polar surface area (TPSA) is 160 Å². The minimum Gasteiger partial charge on any atom is -0.493 e. The standard InChI is InChI=1S/C31H44N4O7/c1-6-10-13-21(9-4)19-32-27(36)25-20(5)26(29(38)33-28(25)37)35-34-24-18-22(30(39)41-16-11-7-2)14-15-23(24)31(40)42-17-12-8-3/h14-15,18,21H,6-13,16-17,19H2,1-5H3,(H,32,36)(H2,33,37,38)/b35-34+. The van der Waals surface area contributed by atoms with E-state index in [0.717, 1.165) is 38.5 Å². The third-order valence-corrected chi connectivity index (χ3v) is 6.91. The van der Waals surface area contributed by atoms with Gasteiger partial charge in [0.05, 0.1) is 24.3 Å². The molecule has 3 N–H and O–H groups in total. The maximum atomic E-state index is 13.0. The zero-order valence-corrected chi connectivity index (χ0v) is 25.4. The van der Waals surface area contributed by atoms with Gasteiger partial charge in [0.25, 0.3) is 11.5 Å². The molecule has 0 radical (unpaired) electrons. The lowest BCUT2D eigenvalue weighted by atomic mass is 9.99. The highest BCUT2D eigenvalue weighted by Crippen LogP contribution is 2.32. The lowest BCUT2D eigenvalue weighted by molar-refractivity contribution is 0.0486. The first-order chi connectivity index (χ1) is 20.2. The van der Waals surface area contributed by atoms with Gasteiger partial charge in [0, 0.05) is 12.1 Å². The van der Waals surface area contributed by atoms with E-state index in [-0.39, 0.29) is 52.8 Å². The van der Waals surface area contributed by atoms with Crippen molar-refractivity contribution in [2.24, 2.45) is 16.1 Å². The summed E-state index contributed by atoms with van der Waals surface area (Å²) in [5.41, 5.74) is -0.794. The first-order valence-electron chi connectivity index (χ1n) is 14.8. The Balaban J connectivity index is 2.44. The number of carbonyl (C=O) groups is 3. The second-order valence-electron chi connectivity index (χ2n) is 10.2. The molecule has 0 saturated heterocycles. The van der Waals surface area contributed by atoms with Gasteiger partial charge in [-0.25, -0.2) is 9.59 Å². The summed E-state index contributed by atoms with van der Waals surface area (Å²) in [5, 5.41) is 21.5. The molecule has 1 aromatic carbocycles. The minimum absolute atomic E-state index is 0.000784. The third-order valence-electron chi connectivity index (χ3n) is 6.91. The Bertz CT molecular complexity index is 1300. The monoisotopic (exact) mass is 584 g/mol. The van der Waals surface area contributed by atoms with Gasteiger partial charge in [-0.15, -0.1) is 10.2 Å². The number of azo groups is 1. The molecular weight excluding hydrogens is 540 g/mol. The van der Waals surface area contributed by atoms with E-state index in [9.17, 15) is 24.3 Å². The summed E-state index contributed by atoms with van der Waals surface area (Å²) in [7, 11) is 0. The number of nitrogens with zero attached hydrogens (tertiary/aromatic N) is 2. The molecule has 0 fully saturated rings. The van der Waals surface area contributed by atoms with Crippen LogP contribution in [-0.4, -0.2) is 47.7 Å². The van der Waals surface area contributed by atoms with E-state index in [1.807, 2.05) is 13.8 Å². The van der Waals surface area contributed by atoms with Gasteiger partial charge in [-0.3, -0.25) is 14.6 Å². The molecule has 0 aliphatic heterocycles. The number of rotatable bonds is 17. The molecule has 0 aliphatic carbocycles. The quantitative estimate of drug-likeness (QED) is 0.106. The number of hydrogen-bond acceptors (Lipinski definition) is 9. The molecule has 1 amide bonds. The second kappa shape index (κ2) is 17.7. The number of H-pyrrole nitrogens is 1. The summed E-state index contributed by atoms with van der Waals surface area (Å²) >= 11 is 0. The predicted octanol–water partition coefficient (Wildman–Crippen LogP) is 6.66. The van der Waals surface area contributed by atoms with Crippen molar-refractivity contribution in [3.63, 3.8) is 0 Å².